The number of rotatable bonds is 6. The standard InChI is InChI=1S/C29H33N7O3S/c1-20(37)26-27(22-10-12-34(13-11-22)40(2,38)35-14-16-39-17-15-35)33-29-24(19-32-36(29)28(26)30)23-8-9-25(31-18-23)21-6-4-3-5-7-21/h3-9,18-19,22H,2,10-17,30H2,1H3. The van der Waals surface area contributed by atoms with Gasteiger partial charge >= 0.3 is 0 Å². The number of carbonyl (C=O) groups is 1. The van der Waals surface area contributed by atoms with Crippen molar-refractivity contribution < 1.29 is 13.7 Å². The summed E-state index contributed by atoms with van der Waals surface area (Å²) in [4.78, 5) is 22.5. The van der Waals surface area contributed by atoms with Crippen LogP contribution in [0.5, 0.6) is 0 Å². The zero-order chi connectivity index (χ0) is 27.9. The van der Waals surface area contributed by atoms with E-state index in [9.17, 15) is 9.00 Å². The van der Waals surface area contributed by atoms with Crippen molar-refractivity contribution in [1.29, 1.82) is 0 Å². The highest BCUT2D eigenvalue weighted by atomic mass is 32.2. The number of nitrogens with two attached hydrogens (primary N) is 1. The summed E-state index contributed by atoms with van der Waals surface area (Å²) in [6, 6.07) is 14.0. The molecule has 0 amide bonds. The second-order valence-corrected chi connectivity index (χ2v) is 12.5. The number of benzene rings is 1. The van der Waals surface area contributed by atoms with Crippen molar-refractivity contribution in [3.05, 3.63) is 66.1 Å². The first-order valence-corrected chi connectivity index (χ1v) is 15.1. The molecule has 0 spiro atoms. The molecular formula is C29H33N7O3S. The molecule has 2 aliphatic rings. The molecule has 0 radical (unpaired) electrons. The van der Waals surface area contributed by atoms with Crippen LogP contribution in [0.15, 0.2) is 54.9 Å². The normalized spacial score (nSPS) is 19.0. The fourth-order valence-electron chi connectivity index (χ4n) is 5.64. The minimum atomic E-state index is -2.56. The van der Waals surface area contributed by atoms with Crippen molar-refractivity contribution in [1.82, 2.24) is 28.2 Å². The molecule has 1 atom stereocenters. The smallest absolute Gasteiger partial charge is 0.165 e. The second kappa shape index (κ2) is 10.7. The van der Waals surface area contributed by atoms with Crippen molar-refractivity contribution in [2.75, 3.05) is 45.1 Å². The van der Waals surface area contributed by atoms with E-state index in [4.69, 9.17) is 15.5 Å². The first-order valence-electron chi connectivity index (χ1n) is 13.5. The fraction of sp³-hybridized carbons (Fsp3) is 0.345. The number of piperidine rings is 1. The second-order valence-electron chi connectivity index (χ2n) is 10.3. The minimum Gasteiger partial charge on any atom is -0.383 e. The molecule has 1 unspecified atom stereocenters. The number of carbonyl (C=O) groups excluding carboxylic acids is 1. The van der Waals surface area contributed by atoms with Gasteiger partial charge in [-0.05, 0) is 31.7 Å². The number of nitrogen functional groups attached to an aromatic ring is 1. The molecule has 3 aromatic heterocycles. The largest absolute Gasteiger partial charge is 0.383 e. The maximum atomic E-state index is 13.6. The van der Waals surface area contributed by atoms with E-state index in [1.165, 1.54) is 11.4 Å². The number of hydrogen-bond acceptors (Lipinski definition) is 7. The molecule has 0 saturated carbocycles. The molecule has 2 fully saturated rings. The number of nitrogens with zero attached hydrogens (tertiary/aromatic N) is 6. The van der Waals surface area contributed by atoms with Crippen LogP contribution in [-0.2, 0) is 14.6 Å². The van der Waals surface area contributed by atoms with E-state index in [0.717, 1.165) is 22.4 Å². The number of aromatic nitrogens is 4. The van der Waals surface area contributed by atoms with Gasteiger partial charge in [-0.25, -0.2) is 17.8 Å². The number of hydrogen-bond donors (Lipinski definition) is 1. The average Bonchev–Trinajstić information content (AvgIpc) is 3.42. The summed E-state index contributed by atoms with van der Waals surface area (Å²) in [6.45, 7) is 5.03. The van der Waals surface area contributed by atoms with Gasteiger partial charge < -0.3 is 10.5 Å². The van der Waals surface area contributed by atoms with E-state index in [1.54, 1.807) is 6.20 Å². The lowest BCUT2D eigenvalue weighted by Gasteiger charge is -2.39. The van der Waals surface area contributed by atoms with E-state index in [2.05, 4.69) is 16.0 Å². The van der Waals surface area contributed by atoms with Crippen LogP contribution in [0.2, 0.25) is 0 Å². The van der Waals surface area contributed by atoms with Gasteiger partial charge in [-0.1, -0.05) is 36.4 Å². The van der Waals surface area contributed by atoms with Gasteiger partial charge in [-0.3, -0.25) is 9.78 Å². The predicted octanol–water partition coefficient (Wildman–Crippen LogP) is 3.30. The summed E-state index contributed by atoms with van der Waals surface area (Å²) in [5, 5.41) is 4.48. The van der Waals surface area contributed by atoms with E-state index in [-0.39, 0.29) is 17.5 Å². The van der Waals surface area contributed by atoms with Crippen LogP contribution in [-0.4, -0.2) is 83.4 Å². The number of anilines is 1. The van der Waals surface area contributed by atoms with Crippen molar-refractivity contribution in [3.8, 4) is 22.4 Å². The molecule has 1 aromatic carbocycles. The maximum absolute atomic E-state index is 13.6. The summed E-state index contributed by atoms with van der Waals surface area (Å²) in [5.74, 6) is 4.22. The third kappa shape index (κ3) is 4.79. The first kappa shape index (κ1) is 26.6. The van der Waals surface area contributed by atoms with Gasteiger partial charge in [0.1, 0.15) is 5.82 Å². The Balaban J connectivity index is 1.31. The van der Waals surface area contributed by atoms with Crippen LogP contribution in [0, 0.1) is 0 Å². The Morgan fingerprint density at radius 3 is 2.35 bits per heavy atom. The molecule has 208 valence electrons. The molecule has 2 saturated heterocycles. The maximum Gasteiger partial charge on any atom is 0.165 e. The molecule has 11 heteroatoms. The summed E-state index contributed by atoms with van der Waals surface area (Å²) < 4.78 is 24.5. The molecular weight excluding hydrogens is 526 g/mol. The van der Waals surface area contributed by atoms with E-state index < -0.39 is 9.89 Å². The van der Waals surface area contributed by atoms with Crippen LogP contribution >= 0.6 is 0 Å². The van der Waals surface area contributed by atoms with E-state index >= 15 is 0 Å². The summed E-state index contributed by atoms with van der Waals surface area (Å²) >= 11 is 0. The molecule has 2 aliphatic heterocycles. The summed E-state index contributed by atoms with van der Waals surface area (Å²) in [5.41, 5.74) is 11.8. The summed E-state index contributed by atoms with van der Waals surface area (Å²) in [7, 11) is -2.56. The molecule has 4 aromatic rings. The Bertz CT molecular complexity index is 1640. The topological polar surface area (TPSA) is 119 Å². The Morgan fingerprint density at radius 2 is 1.70 bits per heavy atom. The lowest BCUT2D eigenvalue weighted by atomic mass is 9.90. The van der Waals surface area contributed by atoms with Crippen LogP contribution in [0.1, 0.15) is 41.7 Å². The summed E-state index contributed by atoms with van der Waals surface area (Å²) in [6.07, 6.45) is 4.91. The van der Waals surface area contributed by atoms with Crippen molar-refractivity contribution in [2.45, 2.75) is 25.7 Å². The number of morpholine rings is 1. The zero-order valence-corrected chi connectivity index (χ0v) is 23.3. The lowest BCUT2D eigenvalue weighted by Crippen LogP contribution is -2.50. The van der Waals surface area contributed by atoms with Crippen LogP contribution in [0.4, 0.5) is 5.82 Å². The third-order valence-corrected chi connectivity index (χ3v) is 10.2. The first-order chi connectivity index (χ1) is 19.3. The number of ketones is 1. The van der Waals surface area contributed by atoms with Gasteiger partial charge in [0.15, 0.2) is 11.4 Å². The number of Topliss-reactive ketones (excluding diaryl/α,β-unsaturated/α-hetero) is 1. The highest BCUT2D eigenvalue weighted by Gasteiger charge is 2.33. The Kier molecular flexibility index (Phi) is 7.13. The van der Waals surface area contributed by atoms with Gasteiger partial charge in [-0.2, -0.15) is 9.61 Å². The van der Waals surface area contributed by atoms with Gasteiger partial charge in [-0.15, -0.1) is 0 Å². The van der Waals surface area contributed by atoms with Crippen molar-refractivity contribution in [3.63, 3.8) is 0 Å². The SMILES string of the molecule is C=S(=O)(N1CCOCC1)N1CCC(c2nc3c(-c4ccc(-c5ccccc5)nc4)cnn3c(N)c2C(C)=O)CC1. The molecule has 0 aliphatic carbocycles. The van der Waals surface area contributed by atoms with Crippen LogP contribution in [0.3, 0.4) is 0 Å². The number of ether oxygens (including phenoxy) is 1. The molecule has 10 nitrogen and oxygen atoms in total. The number of fused-ring (bicyclic) bond motifs is 1. The van der Waals surface area contributed by atoms with E-state index in [1.807, 2.05) is 57.3 Å². The van der Waals surface area contributed by atoms with Gasteiger partial charge in [0.2, 0.25) is 0 Å². The molecule has 6 rings (SSSR count). The Labute approximate surface area is 234 Å². The molecule has 2 N–H and O–H groups in total. The van der Waals surface area contributed by atoms with Gasteiger partial charge in [0, 0.05) is 55.0 Å². The minimum absolute atomic E-state index is 0.0105. The Hall–Kier alpha value is -3.64. The molecule has 5 heterocycles. The van der Waals surface area contributed by atoms with E-state index in [0.29, 0.717) is 69.1 Å². The van der Waals surface area contributed by atoms with Crippen LogP contribution in [0.25, 0.3) is 28.0 Å². The fourth-order valence-corrected chi connectivity index (χ4v) is 7.46. The van der Waals surface area contributed by atoms with Gasteiger partial charge in [0.25, 0.3) is 0 Å². The lowest BCUT2D eigenvalue weighted by molar-refractivity contribution is 0.0722. The Morgan fingerprint density at radius 1 is 1.00 bits per heavy atom. The molecule has 40 heavy (non-hydrogen) atoms. The van der Waals surface area contributed by atoms with Crippen LogP contribution < -0.4 is 5.73 Å². The molecule has 0 bridgehead atoms. The monoisotopic (exact) mass is 559 g/mol. The van der Waals surface area contributed by atoms with Crippen molar-refractivity contribution >= 4 is 33.0 Å². The highest BCUT2D eigenvalue weighted by Crippen LogP contribution is 2.35. The van der Waals surface area contributed by atoms with Crippen molar-refractivity contribution in [2.24, 2.45) is 0 Å². The highest BCUT2D eigenvalue weighted by molar-refractivity contribution is 7.96. The zero-order valence-electron chi connectivity index (χ0n) is 22.5. The number of pyridine rings is 1. The predicted molar refractivity (Wildman–Crippen MR) is 157 cm³/mol. The average molecular weight is 560 g/mol. The van der Waals surface area contributed by atoms with Gasteiger partial charge in [0.05, 0.1) is 46.3 Å². The quantitative estimate of drug-likeness (QED) is 0.284. The third-order valence-electron chi connectivity index (χ3n) is 7.82.